The minimum absolute atomic E-state index is 0.0208. The second-order valence-corrected chi connectivity index (χ2v) is 5.93. The third-order valence-corrected chi connectivity index (χ3v) is 3.52. The molecule has 1 unspecified atom stereocenters. The lowest BCUT2D eigenvalue weighted by molar-refractivity contribution is -0.384. The largest absolute Gasteiger partial charge is 0.308 e. The molecule has 0 aliphatic rings. The van der Waals surface area contributed by atoms with Gasteiger partial charge in [0.1, 0.15) is 0 Å². The van der Waals surface area contributed by atoms with Crippen LogP contribution in [-0.4, -0.2) is 36.5 Å². The number of non-ortho nitro benzene ring substituents is 1. The van der Waals surface area contributed by atoms with Gasteiger partial charge in [-0.1, -0.05) is 25.4 Å². The van der Waals surface area contributed by atoms with Crippen LogP contribution in [0.2, 0.25) is 5.02 Å². The Labute approximate surface area is 125 Å². The molecule has 6 heteroatoms. The molecule has 1 atom stereocenters. The quantitative estimate of drug-likeness (QED) is 0.621. The van der Waals surface area contributed by atoms with Gasteiger partial charge in [-0.2, -0.15) is 0 Å². The molecule has 0 saturated carbocycles. The lowest BCUT2D eigenvalue weighted by Crippen LogP contribution is -2.41. The SMILES string of the molecule is CC(C)C(CN(C)C)NCc1ccc([N+](=O)[O-])cc1Cl. The Kier molecular flexibility index (Phi) is 6.39. The first-order valence-electron chi connectivity index (χ1n) is 6.62. The molecule has 1 aromatic carbocycles. The van der Waals surface area contributed by atoms with Gasteiger partial charge in [0.2, 0.25) is 0 Å². The lowest BCUT2D eigenvalue weighted by Gasteiger charge is -2.26. The van der Waals surface area contributed by atoms with Crippen molar-refractivity contribution in [3.8, 4) is 0 Å². The molecule has 0 amide bonds. The van der Waals surface area contributed by atoms with E-state index < -0.39 is 4.92 Å². The van der Waals surface area contributed by atoms with Crippen LogP contribution in [0.4, 0.5) is 5.69 Å². The fourth-order valence-corrected chi connectivity index (χ4v) is 2.18. The number of nitro groups is 1. The predicted molar refractivity (Wildman–Crippen MR) is 82.1 cm³/mol. The molecule has 112 valence electrons. The van der Waals surface area contributed by atoms with E-state index in [1.54, 1.807) is 6.07 Å². The highest BCUT2D eigenvalue weighted by atomic mass is 35.5. The number of rotatable bonds is 7. The maximum absolute atomic E-state index is 10.7. The van der Waals surface area contributed by atoms with Crippen molar-refractivity contribution in [3.63, 3.8) is 0 Å². The van der Waals surface area contributed by atoms with E-state index in [1.165, 1.54) is 12.1 Å². The summed E-state index contributed by atoms with van der Waals surface area (Å²) in [6.45, 7) is 5.87. The van der Waals surface area contributed by atoms with Crippen molar-refractivity contribution in [1.82, 2.24) is 10.2 Å². The number of halogens is 1. The average Bonchev–Trinajstić information content (AvgIpc) is 2.34. The third kappa shape index (κ3) is 5.07. The summed E-state index contributed by atoms with van der Waals surface area (Å²) >= 11 is 6.09. The number of nitrogens with zero attached hydrogens (tertiary/aromatic N) is 2. The van der Waals surface area contributed by atoms with Gasteiger partial charge < -0.3 is 10.2 Å². The summed E-state index contributed by atoms with van der Waals surface area (Å²) < 4.78 is 0. The summed E-state index contributed by atoms with van der Waals surface area (Å²) in [5.74, 6) is 0.495. The Morgan fingerprint density at radius 3 is 2.50 bits per heavy atom. The zero-order valence-corrected chi connectivity index (χ0v) is 13.1. The van der Waals surface area contributed by atoms with Gasteiger partial charge in [0, 0.05) is 31.3 Å². The van der Waals surface area contributed by atoms with E-state index >= 15 is 0 Å². The van der Waals surface area contributed by atoms with Crippen molar-refractivity contribution < 1.29 is 4.92 Å². The molecule has 0 aliphatic heterocycles. The number of hydrogen-bond acceptors (Lipinski definition) is 4. The molecule has 0 radical (unpaired) electrons. The lowest BCUT2D eigenvalue weighted by atomic mass is 10.0. The first-order chi connectivity index (χ1) is 9.31. The minimum Gasteiger partial charge on any atom is -0.308 e. The molecule has 20 heavy (non-hydrogen) atoms. The summed E-state index contributed by atoms with van der Waals surface area (Å²) in [4.78, 5) is 12.4. The molecule has 0 aromatic heterocycles. The van der Waals surface area contributed by atoms with Crippen molar-refractivity contribution in [1.29, 1.82) is 0 Å². The van der Waals surface area contributed by atoms with Gasteiger partial charge in [0.05, 0.1) is 9.95 Å². The van der Waals surface area contributed by atoms with Crippen molar-refractivity contribution in [3.05, 3.63) is 38.9 Å². The molecule has 1 N–H and O–H groups in total. The fourth-order valence-electron chi connectivity index (χ4n) is 1.94. The first kappa shape index (κ1) is 16.9. The first-order valence-corrected chi connectivity index (χ1v) is 7.00. The summed E-state index contributed by atoms with van der Waals surface area (Å²) in [6, 6.07) is 4.94. The molecule has 0 bridgehead atoms. The van der Waals surface area contributed by atoms with Crippen LogP contribution >= 0.6 is 11.6 Å². The molecule has 0 heterocycles. The Morgan fingerprint density at radius 1 is 1.40 bits per heavy atom. The van der Waals surface area contributed by atoms with Crippen LogP contribution in [0, 0.1) is 16.0 Å². The zero-order valence-electron chi connectivity index (χ0n) is 12.4. The summed E-state index contributed by atoms with van der Waals surface area (Å²) in [7, 11) is 4.08. The normalized spacial score (nSPS) is 12.9. The minimum atomic E-state index is -0.438. The molecule has 0 saturated heterocycles. The Bertz CT molecular complexity index is 464. The third-order valence-electron chi connectivity index (χ3n) is 3.17. The predicted octanol–water partition coefficient (Wildman–Crippen LogP) is 2.92. The van der Waals surface area contributed by atoms with Crippen LogP contribution in [0.3, 0.4) is 0 Å². The highest BCUT2D eigenvalue weighted by Crippen LogP contribution is 2.22. The van der Waals surface area contributed by atoms with E-state index in [-0.39, 0.29) is 5.69 Å². The van der Waals surface area contributed by atoms with Crippen LogP contribution in [0.5, 0.6) is 0 Å². The maximum atomic E-state index is 10.7. The number of likely N-dealkylation sites (N-methyl/N-ethyl adjacent to an activating group) is 1. The van der Waals surface area contributed by atoms with Crippen molar-refractivity contribution in [2.45, 2.75) is 26.4 Å². The van der Waals surface area contributed by atoms with E-state index in [9.17, 15) is 10.1 Å². The van der Waals surface area contributed by atoms with E-state index in [0.29, 0.717) is 23.5 Å². The molecule has 1 rings (SSSR count). The number of nitrogens with one attached hydrogen (secondary N) is 1. The van der Waals surface area contributed by atoms with Crippen LogP contribution in [-0.2, 0) is 6.54 Å². The van der Waals surface area contributed by atoms with Gasteiger partial charge in [0.25, 0.3) is 5.69 Å². The number of hydrogen-bond donors (Lipinski definition) is 1. The second-order valence-electron chi connectivity index (χ2n) is 5.53. The number of benzene rings is 1. The topological polar surface area (TPSA) is 58.4 Å². The average molecular weight is 300 g/mol. The van der Waals surface area contributed by atoms with Crippen LogP contribution in [0.15, 0.2) is 18.2 Å². The molecule has 5 nitrogen and oxygen atoms in total. The van der Waals surface area contributed by atoms with Gasteiger partial charge in [-0.15, -0.1) is 0 Å². The van der Waals surface area contributed by atoms with Gasteiger partial charge in [0.15, 0.2) is 0 Å². The van der Waals surface area contributed by atoms with Crippen molar-refractivity contribution in [2.24, 2.45) is 5.92 Å². The summed E-state index contributed by atoms with van der Waals surface area (Å²) in [6.07, 6.45) is 0. The van der Waals surface area contributed by atoms with Crippen LogP contribution < -0.4 is 5.32 Å². The highest BCUT2D eigenvalue weighted by Gasteiger charge is 2.15. The van der Waals surface area contributed by atoms with E-state index in [1.807, 2.05) is 14.1 Å². The van der Waals surface area contributed by atoms with Gasteiger partial charge in [-0.3, -0.25) is 10.1 Å². The smallest absolute Gasteiger partial charge is 0.270 e. The van der Waals surface area contributed by atoms with E-state index in [4.69, 9.17) is 11.6 Å². The van der Waals surface area contributed by atoms with Gasteiger partial charge in [-0.05, 0) is 31.6 Å². The molecular formula is C14H22ClN3O2. The fraction of sp³-hybridized carbons (Fsp3) is 0.571. The molecule has 1 aromatic rings. The van der Waals surface area contributed by atoms with Gasteiger partial charge >= 0.3 is 0 Å². The standard InChI is InChI=1S/C14H22ClN3O2/c1-10(2)14(9-17(3)4)16-8-11-5-6-12(18(19)20)7-13(11)15/h5-7,10,14,16H,8-9H2,1-4H3. The molecule has 0 fully saturated rings. The summed E-state index contributed by atoms with van der Waals surface area (Å²) in [5, 5.41) is 14.6. The van der Waals surface area contributed by atoms with Gasteiger partial charge in [-0.25, -0.2) is 0 Å². The Hall–Kier alpha value is -1.17. The monoisotopic (exact) mass is 299 g/mol. The Morgan fingerprint density at radius 2 is 2.05 bits per heavy atom. The van der Waals surface area contributed by atoms with Crippen molar-refractivity contribution >= 4 is 17.3 Å². The molecular weight excluding hydrogens is 278 g/mol. The van der Waals surface area contributed by atoms with E-state index in [2.05, 4.69) is 24.1 Å². The van der Waals surface area contributed by atoms with Crippen LogP contribution in [0.25, 0.3) is 0 Å². The maximum Gasteiger partial charge on any atom is 0.270 e. The summed E-state index contributed by atoms with van der Waals surface area (Å²) in [5.41, 5.74) is 0.897. The highest BCUT2D eigenvalue weighted by molar-refractivity contribution is 6.31. The van der Waals surface area contributed by atoms with Crippen LogP contribution in [0.1, 0.15) is 19.4 Å². The Balaban J connectivity index is 2.70. The number of nitro benzene ring substituents is 1. The van der Waals surface area contributed by atoms with Crippen molar-refractivity contribution in [2.75, 3.05) is 20.6 Å². The zero-order chi connectivity index (χ0) is 15.3. The second kappa shape index (κ2) is 7.57. The molecule has 0 aliphatic carbocycles. The molecule has 0 spiro atoms. The van der Waals surface area contributed by atoms with E-state index in [0.717, 1.165) is 12.1 Å².